The van der Waals surface area contributed by atoms with Crippen molar-refractivity contribution in [3.63, 3.8) is 0 Å². The minimum Gasteiger partial charge on any atom is -0.351 e. The molecule has 0 aromatic heterocycles. The molecule has 0 bridgehead atoms. The first kappa shape index (κ1) is 8.23. The lowest BCUT2D eigenvalue weighted by Crippen LogP contribution is -2.42. The normalized spacial score (nSPS) is 9.67. The molecule has 4 N–H and O–H groups in total. The largest absolute Gasteiger partial charge is 0.351 e. The number of carbonyl (C=O) groups is 1. The second-order valence-corrected chi connectivity index (χ2v) is 2.26. The van der Waals surface area contributed by atoms with Crippen molar-refractivity contribution < 1.29 is 4.79 Å². The van der Waals surface area contributed by atoms with Crippen LogP contribution in [-0.4, -0.2) is 12.6 Å². The summed E-state index contributed by atoms with van der Waals surface area (Å²) in [4.78, 5) is 10.0. The summed E-state index contributed by atoms with van der Waals surface area (Å²) in [5, 5.41) is 0. The summed E-state index contributed by atoms with van der Waals surface area (Å²) >= 11 is 0. The maximum Gasteiger partial charge on any atom is 0.326 e. The number of hydrogen-bond donors (Lipinski definition) is 3. The Hall–Kier alpha value is -0.770. The highest BCUT2D eigenvalue weighted by Crippen LogP contribution is 1.84. The maximum atomic E-state index is 10.0. The highest BCUT2D eigenvalue weighted by molar-refractivity contribution is 5.70. The molecular weight excluding hydrogens is 118 g/mol. The highest BCUT2D eigenvalue weighted by atomic mass is 16.2. The molecule has 2 amide bonds. The van der Waals surface area contributed by atoms with Gasteiger partial charge >= 0.3 is 6.03 Å². The van der Waals surface area contributed by atoms with Crippen molar-refractivity contribution in [3.8, 4) is 0 Å². The van der Waals surface area contributed by atoms with Crippen LogP contribution in [0.5, 0.6) is 0 Å². The monoisotopic (exact) mass is 131 g/mol. The van der Waals surface area contributed by atoms with Crippen molar-refractivity contribution in [2.75, 3.05) is 6.54 Å². The first-order chi connectivity index (χ1) is 4.13. The van der Waals surface area contributed by atoms with Crippen molar-refractivity contribution >= 4 is 6.03 Å². The van der Waals surface area contributed by atoms with Crippen LogP contribution in [-0.2, 0) is 0 Å². The van der Waals surface area contributed by atoms with Gasteiger partial charge in [0.2, 0.25) is 0 Å². The molecule has 0 aliphatic rings. The number of hydrogen-bond acceptors (Lipinski definition) is 2. The standard InChI is InChI=1S/C5H13N3O/c1-4(2)3-7-8-5(6)9/h4,7H,3H2,1-2H3,(H3,6,8,9). The molecule has 0 aliphatic carbocycles. The van der Waals surface area contributed by atoms with Crippen molar-refractivity contribution in [2.24, 2.45) is 11.7 Å². The fourth-order valence-electron chi connectivity index (χ4n) is 0.342. The van der Waals surface area contributed by atoms with Gasteiger partial charge in [0.1, 0.15) is 0 Å². The smallest absolute Gasteiger partial charge is 0.326 e. The van der Waals surface area contributed by atoms with E-state index in [2.05, 4.69) is 10.9 Å². The van der Waals surface area contributed by atoms with Gasteiger partial charge in [0.25, 0.3) is 0 Å². The van der Waals surface area contributed by atoms with Crippen LogP contribution in [0.25, 0.3) is 0 Å². The van der Waals surface area contributed by atoms with Crippen LogP contribution in [0.15, 0.2) is 0 Å². The lowest BCUT2D eigenvalue weighted by Gasteiger charge is -2.05. The summed E-state index contributed by atoms with van der Waals surface area (Å²) in [7, 11) is 0. The average molecular weight is 131 g/mol. The van der Waals surface area contributed by atoms with E-state index in [0.717, 1.165) is 6.54 Å². The van der Waals surface area contributed by atoms with Crippen LogP contribution >= 0.6 is 0 Å². The Morgan fingerprint density at radius 2 is 2.22 bits per heavy atom. The second kappa shape index (κ2) is 4.14. The summed E-state index contributed by atoms with van der Waals surface area (Å²) in [5.74, 6) is 0.511. The van der Waals surface area contributed by atoms with E-state index >= 15 is 0 Å². The lowest BCUT2D eigenvalue weighted by atomic mass is 10.2. The number of nitrogens with two attached hydrogens (primary N) is 1. The van der Waals surface area contributed by atoms with Gasteiger partial charge in [-0.15, -0.1) is 0 Å². The fraction of sp³-hybridized carbons (Fsp3) is 0.800. The maximum absolute atomic E-state index is 10.0. The summed E-state index contributed by atoms with van der Waals surface area (Å²) in [6.45, 7) is 4.81. The zero-order valence-electron chi connectivity index (χ0n) is 5.77. The molecule has 0 aromatic carbocycles. The predicted octanol–water partition coefficient (Wildman–Crippen LogP) is -0.185. The van der Waals surface area contributed by atoms with E-state index in [1.165, 1.54) is 0 Å². The Morgan fingerprint density at radius 1 is 1.67 bits per heavy atom. The minimum absolute atomic E-state index is 0.511. The molecule has 0 fully saturated rings. The molecule has 0 radical (unpaired) electrons. The fourth-order valence-corrected chi connectivity index (χ4v) is 0.342. The number of primary amides is 1. The minimum atomic E-state index is -0.546. The van der Waals surface area contributed by atoms with Gasteiger partial charge in [-0.05, 0) is 5.92 Å². The summed E-state index contributed by atoms with van der Waals surface area (Å²) in [5.41, 5.74) is 9.69. The van der Waals surface area contributed by atoms with Crippen LogP contribution in [0.2, 0.25) is 0 Å². The van der Waals surface area contributed by atoms with Crippen LogP contribution in [0.3, 0.4) is 0 Å². The van der Waals surface area contributed by atoms with Crippen LogP contribution in [0.4, 0.5) is 4.79 Å². The molecule has 0 unspecified atom stereocenters. The van der Waals surface area contributed by atoms with Gasteiger partial charge < -0.3 is 5.73 Å². The van der Waals surface area contributed by atoms with Crippen molar-refractivity contribution in [1.82, 2.24) is 10.9 Å². The molecule has 9 heavy (non-hydrogen) atoms. The van der Waals surface area contributed by atoms with Crippen molar-refractivity contribution in [3.05, 3.63) is 0 Å². The number of urea groups is 1. The van der Waals surface area contributed by atoms with Gasteiger partial charge in [-0.3, -0.25) is 5.43 Å². The van der Waals surface area contributed by atoms with E-state index < -0.39 is 6.03 Å². The SMILES string of the molecule is CC(C)CNNC(N)=O. The Bertz CT molecular complexity index is 92.2. The molecule has 4 heteroatoms. The quantitative estimate of drug-likeness (QED) is 0.465. The summed E-state index contributed by atoms with van der Waals surface area (Å²) in [6, 6.07) is -0.546. The molecule has 0 heterocycles. The molecule has 0 spiro atoms. The van der Waals surface area contributed by atoms with Crippen LogP contribution in [0.1, 0.15) is 13.8 Å². The molecule has 0 aliphatic heterocycles. The Labute approximate surface area is 54.8 Å². The van der Waals surface area contributed by atoms with E-state index in [4.69, 9.17) is 5.73 Å². The topological polar surface area (TPSA) is 67.2 Å². The predicted molar refractivity (Wildman–Crippen MR) is 35.6 cm³/mol. The summed E-state index contributed by atoms with van der Waals surface area (Å²) in [6.07, 6.45) is 0. The average Bonchev–Trinajstić information content (AvgIpc) is 1.63. The number of carbonyl (C=O) groups excluding carboxylic acids is 1. The third-order valence-electron chi connectivity index (χ3n) is 0.722. The van der Waals surface area contributed by atoms with E-state index in [1.807, 2.05) is 13.8 Å². The van der Waals surface area contributed by atoms with E-state index in [0.29, 0.717) is 5.92 Å². The molecule has 0 saturated carbocycles. The Balaban J connectivity index is 3.01. The number of hydrazine groups is 1. The second-order valence-electron chi connectivity index (χ2n) is 2.26. The molecule has 0 saturated heterocycles. The Morgan fingerprint density at radius 3 is 2.56 bits per heavy atom. The van der Waals surface area contributed by atoms with E-state index in [1.54, 1.807) is 0 Å². The summed E-state index contributed by atoms with van der Waals surface area (Å²) < 4.78 is 0. The molecule has 54 valence electrons. The zero-order valence-corrected chi connectivity index (χ0v) is 5.77. The van der Waals surface area contributed by atoms with Gasteiger partial charge in [-0.1, -0.05) is 13.8 Å². The zero-order chi connectivity index (χ0) is 7.28. The van der Waals surface area contributed by atoms with Gasteiger partial charge in [0.05, 0.1) is 0 Å². The number of amides is 2. The molecular formula is C5H13N3O. The van der Waals surface area contributed by atoms with Crippen LogP contribution < -0.4 is 16.6 Å². The van der Waals surface area contributed by atoms with Crippen molar-refractivity contribution in [1.29, 1.82) is 0 Å². The third kappa shape index (κ3) is 7.23. The molecule has 0 atom stereocenters. The van der Waals surface area contributed by atoms with Crippen LogP contribution in [0, 0.1) is 5.92 Å². The first-order valence-electron chi connectivity index (χ1n) is 2.91. The van der Waals surface area contributed by atoms with E-state index in [-0.39, 0.29) is 0 Å². The number of nitrogens with one attached hydrogen (secondary N) is 2. The van der Waals surface area contributed by atoms with Gasteiger partial charge in [-0.25, -0.2) is 10.2 Å². The number of rotatable bonds is 3. The highest BCUT2D eigenvalue weighted by Gasteiger charge is 1.92. The third-order valence-corrected chi connectivity index (χ3v) is 0.722. The molecule has 0 aromatic rings. The van der Waals surface area contributed by atoms with Gasteiger partial charge in [0, 0.05) is 6.54 Å². The molecule has 4 nitrogen and oxygen atoms in total. The van der Waals surface area contributed by atoms with Gasteiger partial charge in [0.15, 0.2) is 0 Å². The lowest BCUT2D eigenvalue weighted by molar-refractivity contribution is 0.244. The first-order valence-corrected chi connectivity index (χ1v) is 2.91. The van der Waals surface area contributed by atoms with Crippen molar-refractivity contribution in [2.45, 2.75) is 13.8 Å². The van der Waals surface area contributed by atoms with Gasteiger partial charge in [-0.2, -0.15) is 0 Å². The Kier molecular flexibility index (Phi) is 3.79. The van der Waals surface area contributed by atoms with E-state index in [9.17, 15) is 4.79 Å². The molecule has 0 rings (SSSR count).